The Morgan fingerprint density at radius 2 is 1.03 bits per heavy atom. The van der Waals surface area contributed by atoms with Gasteiger partial charge in [0.15, 0.2) is 5.58 Å². The van der Waals surface area contributed by atoms with Gasteiger partial charge in [0.25, 0.3) is 6.71 Å². The molecule has 0 N–H and O–H groups in total. The molecule has 0 unspecified atom stereocenters. The second-order valence-electron chi connectivity index (χ2n) is 25.5. The molecule has 0 radical (unpaired) electrons. The van der Waals surface area contributed by atoms with Crippen LogP contribution in [0.5, 0.6) is 0 Å². The molecule has 2 aliphatic rings. The average Bonchev–Trinajstić information content (AvgIpc) is 1.99. The van der Waals surface area contributed by atoms with E-state index in [0.29, 0.717) is 22.1 Å². The van der Waals surface area contributed by atoms with Crippen molar-refractivity contribution in [3.05, 3.63) is 216 Å². The van der Waals surface area contributed by atoms with Gasteiger partial charge >= 0.3 is 0 Å². The highest BCUT2D eigenvalue weighted by Gasteiger charge is 2.46. The number of hydrogen-bond acceptors (Lipinski definition) is 5. The van der Waals surface area contributed by atoms with Crippen LogP contribution in [-0.4, -0.2) is 6.71 Å². The molecule has 2 aliphatic heterocycles. The lowest BCUT2D eigenvalue weighted by Crippen LogP contribution is -2.60. The van der Waals surface area contributed by atoms with Crippen LogP contribution < -0.4 is 30.4 Å². The Balaban J connectivity index is 1.11. The highest BCUT2D eigenvalue weighted by atomic mass is 32.1. The van der Waals surface area contributed by atoms with Crippen molar-refractivity contribution < 1.29 is 11.3 Å². The van der Waals surface area contributed by atoms with Crippen LogP contribution in [0.25, 0.3) is 43.2 Å². The maximum Gasteiger partial charge on any atom is 0.264 e. The number of para-hydroxylation sites is 1. The molecule has 4 nitrogen and oxygen atoms in total. The third-order valence-corrected chi connectivity index (χ3v) is 17.4. The Bertz CT molecular complexity index is 4360. The number of anilines is 9. The Morgan fingerprint density at radius 1 is 0.487 bits per heavy atom. The summed E-state index contributed by atoms with van der Waals surface area (Å²) < 4.78 is 53.7. The first-order valence-electron chi connectivity index (χ1n) is 29.9. The smallest absolute Gasteiger partial charge is 0.264 e. The normalized spacial score (nSPS) is 14.5. The van der Waals surface area contributed by atoms with Crippen molar-refractivity contribution in [2.45, 2.75) is 105 Å². The second kappa shape index (κ2) is 17.9. The van der Waals surface area contributed by atoms with Gasteiger partial charge in [-0.25, -0.2) is 0 Å². The van der Waals surface area contributed by atoms with Crippen LogP contribution in [0.4, 0.5) is 51.2 Å². The predicted octanol–water partition coefficient (Wildman–Crippen LogP) is 19.2. The van der Waals surface area contributed by atoms with Crippen molar-refractivity contribution in [3.8, 4) is 11.1 Å². The lowest BCUT2D eigenvalue weighted by atomic mass is 9.36. The molecule has 4 heterocycles. The van der Waals surface area contributed by atoms with Gasteiger partial charge in [0.1, 0.15) is 5.58 Å². The Morgan fingerprint density at radius 3 is 1.64 bits per heavy atom. The molecule has 0 aliphatic carbocycles. The molecule has 0 bridgehead atoms. The first-order chi connectivity index (χ1) is 39.3. The number of nitrogens with zero attached hydrogens (tertiary/aromatic N) is 3. The fourth-order valence-electron chi connectivity index (χ4n) is 11.9. The van der Waals surface area contributed by atoms with E-state index in [4.69, 9.17) is 11.3 Å². The van der Waals surface area contributed by atoms with Gasteiger partial charge < -0.3 is 19.1 Å². The Labute approximate surface area is 472 Å². The number of furan rings is 1. The number of fused-ring (bicyclic) bond motifs is 9. The Kier molecular flexibility index (Phi) is 10.1. The van der Waals surface area contributed by atoms with Gasteiger partial charge in [-0.15, -0.1) is 11.3 Å². The number of hydrogen-bond donors (Lipinski definition) is 0. The zero-order valence-electron chi connectivity index (χ0n) is 51.8. The summed E-state index contributed by atoms with van der Waals surface area (Å²) in [6.45, 7) is 27.0. The van der Waals surface area contributed by atoms with Crippen LogP contribution in [0.15, 0.2) is 198 Å². The minimum Gasteiger partial charge on any atom is -0.454 e. The van der Waals surface area contributed by atoms with Gasteiger partial charge in [-0.2, -0.15) is 0 Å². The van der Waals surface area contributed by atoms with E-state index in [1.165, 1.54) is 48.3 Å². The molecule has 386 valence electrons. The zero-order chi connectivity index (χ0) is 58.6. The zero-order valence-corrected chi connectivity index (χ0v) is 47.6. The van der Waals surface area contributed by atoms with Crippen LogP contribution in [0, 0.1) is 0 Å². The predicted molar refractivity (Wildman–Crippen MR) is 338 cm³/mol. The first kappa shape index (κ1) is 44.2. The van der Waals surface area contributed by atoms with E-state index in [9.17, 15) is 0 Å². The second-order valence-corrected chi connectivity index (χ2v) is 26.6. The van der Waals surface area contributed by atoms with Crippen LogP contribution in [0.2, 0.25) is 0 Å². The molecular weight excluding hydrogens is 966 g/mol. The van der Waals surface area contributed by atoms with Gasteiger partial charge in [-0.05, 0) is 151 Å². The molecule has 78 heavy (non-hydrogen) atoms. The largest absolute Gasteiger partial charge is 0.454 e. The topological polar surface area (TPSA) is 22.9 Å². The van der Waals surface area contributed by atoms with Crippen LogP contribution >= 0.6 is 11.3 Å². The summed E-state index contributed by atoms with van der Waals surface area (Å²) in [7, 11) is 0. The summed E-state index contributed by atoms with van der Waals surface area (Å²) in [4.78, 5) is 7.28. The number of benzene rings is 9. The van der Waals surface area contributed by atoms with E-state index in [-0.39, 0.29) is 58.1 Å². The molecule has 0 saturated carbocycles. The fraction of sp³-hybridized carbons (Fsp3) is 0.222. The van der Waals surface area contributed by atoms with E-state index in [1.54, 1.807) is 0 Å². The summed E-state index contributed by atoms with van der Waals surface area (Å²) in [6, 6.07) is 58.1. The maximum atomic E-state index is 9.11. The van der Waals surface area contributed by atoms with Crippen molar-refractivity contribution in [3.63, 3.8) is 0 Å². The summed E-state index contributed by atoms with van der Waals surface area (Å²) in [5.74, 6) is 0. The van der Waals surface area contributed by atoms with Gasteiger partial charge in [-0.3, -0.25) is 0 Å². The quantitative estimate of drug-likeness (QED) is 0.155. The van der Waals surface area contributed by atoms with Crippen LogP contribution in [0.1, 0.15) is 112 Å². The monoisotopic (exact) mass is 1040 g/mol. The third kappa shape index (κ3) is 8.17. The van der Waals surface area contributed by atoms with E-state index in [1.807, 2.05) is 35.6 Å². The minimum atomic E-state index is -0.428. The summed E-state index contributed by atoms with van der Waals surface area (Å²) in [6.07, 6.45) is 0. The van der Waals surface area contributed by atoms with Gasteiger partial charge in [-0.1, -0.05) is 192 Å². The van der Waals surface area contributed by atoms with Crippen molar-refractivity contribution in [2.75, 3.05) is 14.7 Å². The molecular formula is C72H68BN3OS. The van der Waals surface area contributed by atoms with E-state index < -0.39 is 6.04 Å². The fourth-order valence-corrected chi connectivity index (χ4v) is 13.2. The molecule has 0 fully saturated rings. The highest BCUT2D eigenvalue weighted by molar-refractivity contribution is 7.33. The lowest BCUT2D eigenvalue weighted by Gasteiger charge is -2.43. The molecule has 13 rings (SSSR count). The molecule has 9 aromatic carbocycles. The minimum absolute atomic E-state index is 0.0309. The maximum absolute atomic E-state index is 9.11. The van der Waals surface area contributed by atoms with Crippen LogP contribution in [0.3, 0.4) is 0 Å². The third-order valence-electron chi connectivity index (χ3n) is 16.2. The van der Waals surface area contributed by atoms with Gasteiger partial charge in [0.05, 0.1) is 18.2 Å². The molecule has 6 heteroatoms. The van der Waals surface area contributed by atoms with Crippen molar-refractivity contribution in [2.24, 2.45) is 0 Å². The van der Waals surface area contributed by atoms with E-state index >= 15 is 0 Å². The summed E-state index contributed by atoms with van der Waals surface area (Å²) in [5.41, 5.74) is 18.3. The molecule has 11 aromatic rings. The standard InChI is InChI=1S/C72H68BN3OS/c1-69(2,3)46-27-34-50(35-28-46)74(51-36-29-47(30-37-51)70(4,5)6)53-40-41-57-61(44-53)76(60-25-16-22-55-64-54(45-19-14-13-15-20-45)21-17-26-62(64)77-67(55)60)59-24-18-23-58-65(59)73(57)68-66(56-43-49(72(10,11)12)33-42-63(56)78-68)75(58)52-38-31-48(32-39-52)71(7,8)9/h13-44H,1-12H3/i13D,14D,15D,19D,20D. The van der Waals surface area contributed by atoms with Crippen molar-refractivity contribution >= 4 is 117 Å². The molecule has 2 aromatic heterocycles. The van der Waals surface area contributed by atoms with Crippen molar-refractivity contribution in [1.82, 2.24) is 0 Å². The molecule has 0 amide bonds. The van der Waals surface area contributed by atoms with Crippen molar-refractivity contribution in [1.29, 1.82) is 0 Å². The van der Waals surface area contributed by atoms with Gasteiger partial charge in [0.2, 0.25) is 0 Å². The van der Waals surface area contributed by atoms with E-state index in [2.05, 4.69) is 237 Å². The number of thiophene rings is 1. The molecule has 0 saturated heterocycles. The average molecular weight is 1040 g/mol. The summed E-state index contributed by atoms with van der Waals surface area (Å²) in [5, 5.41) is 2.69. The highest BCUT2D eigenvalue weighted by Crippen LogP contribution is 2.52. The number of rotatable bonds is 6. The van der Waals surface area contributed by atoms with E-state index in [0.717, 1.165) is 56.3 Å². The lowest BCUT2D eigenvalue weighted by molar-refractivity contribution is 0.590. The molecule has 0 atom stereocenters. The SMILES string of the molecule is [2H]c1c([2H])c([2H])c(-c2cccc3oc4c(N5c6cc(N(c7ccc(C(C)(C)C)cc7)c7ccc(C(C)(C)C)cc7)ccc6B6c7sc8ccc(C(C)(C)C)cc8c7N(c7ccc(C(C)(C)C)cc7)c7cccc5c76)cccc4c23)c([2H])c1[2H]. The van der Waals surface area contributed by atoms with Crippen LogP contribution in [-0.2, 0) is 21.7 Å². The van der Waals surface area contributed by atoms with Gasteiger partial charge in [0, 0.05) is 65.4 Å². The first-order valence-corrected chi connectivity index (χ1v) is 28.2. The summed E-state index contributed by atoms with van der Waals surface area (Å²) >= 11 is 1.89. The Hall–Kier alpha value is -7.80. The molecule has 0 spiro atoms.